The zero-order valence-corrected chi connectivity index (χ0v) is 31.2. The molecule has 266 valence electrons. The van der Waals surface area contributed by atoms with Crippen LogP contribution in [0.2, 0.25) is 0 Å². The van der Waals surface area contributed by atoms with Gasteiger partial charge in [-0.25, -0.2) is 4.99 Å². The van der Waals surface area contributed by atoms with E-state index in [9.17, 15) is 0 Å². The van der Waals surface area contributed by atoms with E-state index in [-0.39, 0.29) is 12.3 Å². The van der Waals surface area contributed by atoms with E-state index >= 15 is 0 Å². The standard InChI is InChI=1S/C51H36N4S/c1-4-14-33(15-5-1)36-26-28-45-43(31-36)44-32-37(40-23-13-24-42-41-22-10-11-25-47(41)56-48(40)42)27-29-46(44)55(45)39-21-12-20-38(30-39)51-53-49(34-16-6-2-7-17-34)52-50(54-51)35-18-8-3-9-19-35/h1-32,49,51,53H,(H,52,54). The first-order valence-corrected chi connectivity index (χ1v) is 19.9. The number of aromatic nitrogens is 1. The Bertz CT molecular complexity index is 3090. The minimum Gasteiger partial charge on any atom is -0.350 e. The van der Waals surface area contributed by atoms with E-state index in [1.807, 2.05) is 17.4 Å². The van der Waals surface area contributed by atoms with Crippen LogP contribution in [0.4, 0.5) is 0 Å². The van der Waals surface area contributed by atoms with Gasteiger partial charge in [-0.15, -0.1) is 11.3 Å². The van der Waals surface area contributed by atoms with Crippen molar-refractivity contribution in [2.75, 3.05) is 0 Å². The Hall–Kier alpha value is -6.79. The van der Waals surface area contributed by atoms with Crippen molar-refractivity contribution in [2.24, 2.45) is 4.99 Å². The molecule has 8 aromatic carbocycles. The maximum absolute atomic E-state index is 5.26. The Morgan fingerprint density at radius 2 is 1.09 bits per heavy atom. The normalized spacial score (nSPS) is 15.7. The van der Waals surface area contributed by atoms with Crippen molar-refractivity contribution in [2.45, 2.75) is 12.3 Å². The summed E-state index contributed by atoms with van der Waals surface area (Å²) in [5.74, 6) is 0.875. The van der Waals surface area contributed by atoms with Gasteiger partial charge in [-0.1, -0.05) is 152 Å². The van der Waals surface area contributed by atoms with Crippen molar-refractivity contribution in [3.8, 4) is 27.9 Å². The highest BCUT2D eigenvalue weighted by Gasteiger charge is 2.26. The van der Waals surface area contributed by atoms with Gasteiger partial charge in [0.25, 0.3) is 0 Å². The minimum absolute atomic E-state index is 0.106. The smallest absolute Gasteiger partial charge is 0.131 e. The second-order valence-corrected chi connectivity index (χ2v) is 15.5. The molecule has 2 aromatic heterocycles. The van der Waals surface area contributed by atoms with Crippen LogP contribution in [0.15, 0.2) is 199 Å². The average Bonchev–Trinajstić information content (AvgIpc) is 3.82. The highest BCUT2D eigenvalue weighted by atomic mass is 32.1. The number of hydrogen-bond donors (Lipinski definition) is 2. The molecular formula is C51H36N4S. The van der Waals surface area contributed by atoms with Crippen LogP contribution in [0.3, 0.4) is 0 Å². The third-order valence-corrected chi connectivity index (χ3v) is 12.3. The molecular weight excluding hydrogens is 701 g/mol. The van der Waals surface area contributed by atoms with Crippen LogP contribution in [-0.2, 0) is 0 Å². The van der Waals surface area contributed by atoms with Crippen molar-refractivity contribution >= 4 is 59.2 Å². The molecule has 0 radical (unpaired) electrons. The molecule has 0 fully saturated rings. The van der Waals surface area contributed by atoms with Gasteiger partial charge < -0.3 is 9.88 Å². The quantitative estimate of drug-likeness (QED) is 0.178. The monoisotopic (exact) mass is 736 g/mol. The molecule has 2 N–H and O–H groups in total. The highest BCUT2D eigenvalue weighted by Crippen LogP contribution is 2.42. The highest BCUT2D eigenvalue weighted by molar-refractivity contribution is 7.26. The van der Waals surface area contributed by atoms with E-state index < -0.39 is 0 Å². The molecule has 0 aliphatic carbocycles. The van der Waals surface area contributed by atoms with Crippen molar-refractivity contribution in [3.63, 3.8) is 0 Å². The van der Waals surface area contributed by atoms with Gasteiger partial charge in [-0.05, 0) is 75.8 Å². The SMILES string of the molecule is c1ccc(C2=NC(c3cccc(-n4c5ccc(-c6ccccc6)cc5c5cc(-c6cccc7c6sc6ccccc67)ccc54)c3)NC(c3ccccc3)N2)cc1. The molecule has 0 amide bonds. The largest absolute Gasteiger partial charge is 0.350 e. The number of benzene rings is 8. The van der Waals surface area contributed by atoms with Crippen molar-refractivity contribution in [1.82, 2.24) is 15.2 Å². The van der Waals surface area contributed by atoms with E-state index in [0.29, 0.717) is 0 Å². The summed E-state index contributed by atoms with van der Waals surface area (Å²) >= 11 is 1.88. The minimum atomic E-state index is -0.261. The van der Waals surface area contributed by atoms with E-state index in [1.54, 1.807) is 0 Å². The molecule has 2 unspecified atom stereocenters. The third kappa shape index (κ3) is 5.60. The number of rotatable bonds is 6. The van der Waals surface area contributed by atoms with Crippen LogP contribution in [0, 0.1) is 0 Å². The number of hydrogen-bond acceptors (Lipinski definition) is 4. The van der Waals surface area contributed by atoms with Gasteiger partial charge in [0.1, 0.15) is 18.2 Å². The maximum atomic E-state index is 5.26. The van der Waals surface area contributed by atoms with Gasteiger partial charge in [0.2, 0.25) is 0 Å². The van der Waals surface area contributed by atoms with Crippen LogP contribution >= 0.6 is 11.3 Å². The number of thiophene rings is 1. The molecule has 0 saturated heterocycles. The lowest BCUT2D eigenvalue weighted by Crippen LogP contribution is -2.44. The van der Waals surface area contributed by atoms with Crippen LogP contribution in [-0.4, -0.2) is 10.4 Å². The van der Waals surface area contributed by atoms with E-state index in [4.69, 9.17) is 4.99 Å². The zero-order chi connectivity index (χ0) is 37.0. The number of nitrogens with zero attached hydrogens (tertiary/aromatic N) is 2. The molecule has 0 spiro atoms. The topological polar surface area (TPSA) is 41.4 Å². The number of fused-ring (bicyclic) bond motifs is 6. The molecule has 2 atom stereocenters. The lowest BCUT2D eigenvalue weighted by Gasteiger charge is -2.32. The van der Waals surface area contributed by atoms with Gasteiger partial charge in [0, 0.05) is 42.2 Å². The Balaban J connectivity index is 1.08. The van der Waals surface area contributed by atoms with E-state index in [1.165, 1.54) is 64.2 Å². The summed E-state index contributed by atoms with van der Waals surface area (Å²) in [6, 6.07) is 69.9. The first kappa shape index (κ1) is 32.6. The van der Waals surface area contributed by atoms with Gasteiger partial charge in [0.05, 0.1) is 11.0 Å². The lowest BCUT2D eigenvalue weighted by molar-refractivity contribution is 0.409. The predicted octanol–water partition coefficient (Wildman–Crippen LogP) is 12.8. The molecule has 5 heteroatoms. The maximum Gasteiger partial charge on any atom is 0.131 e. The summed E-state index contributed by atoms with van der Waals surface area (Å²) in [6.07, 6.45) is -0.367. The summed E-state index contributed by atoms with van der Waals surface area (Å²) in [7, 11) is 0. The van der Waals surface area contributed by atoms with Gasteiger partial charge in [-0.3, -0.25) is 5.32 Å². The lowest BCUT2D eigenvalue weighted by atomic mass is 9.99. The molecule has 11 rings (SSSR count). The Morgan fingerprint density at radius 1 is 0.464 bits per heavy atom. The second-order valence-electron chi connectivity index (χ2n) is 14.4. The Morgan fingerprint density at radius 3 is 1.88 bits per heavy atom. The molecule has 1 aliphatic heterocycles. The summed E-state index contributed by atoms with van der Waals surface area (Å²) in [5.41, 5.74) is 11.7. The Kier molecular flexibility index (Phi) is 7.87. The molecule has 0 saturated carbocycles. The van der Waals surface area contributed by atoms with Gasteiger partial charge >= 0.3 is 0 Å². The molecule has 3 heterocycles. The number of aliphatic imine (C=N–C) groups is 1. The molecule has 0 bridgehead atoms. The van der Waals surface area contributed by atoms with Crippen LogP contribution in [0.1, 0.15) is 29.0 Å². The summed E-state index contributed by atoms with van der Waals surface area (Å²) in [5, 5.41) is 12.6. The fraction of sp³-hybridized carbons (Fsp3) is 0.0392. The van der Waals surface area contributed by atoms with E-state index in [0.717, 1.165) is 28.2 Å². The Labute approximate surface area is 329 Å². The average molecular weight is 737 g/mol. The van der Waals surface area contributed by atoms with Crippen LogP contribution in [0.25, 0.3) is 69.9 Å². The van der Waals surface area contributed by atoms with Crippen molar-refractivity contribution in [1.29, 1.82) is 0 Å². The fourth-order valence-corrected chi connectivity index (χ4v) is 9.62. The molecule has 10 aromatic rings. The van der Waals surface area contributed by atoms with Crippen molar-refractivity contribution in [3.05, 3.63) is 211 Å². The zero-order valence-electron chi connectivity index (χ0n) is 30.4. The van der Waals surface area contributed by atoms with Gasteiger partial charge in [0.15, 0.2) is 0 Å². The molecule has 4 nitrogen and oxygen atoms in total. The summed E-state index contributed by atoms with van der Waals surface area (Å²) < 4.78 is 5.07. The summed E-state index contributed by atoms with van der Waals surface area (Å²) in [4.78, 5) is 5.26. The first-order chi connectivity index (χ1) is 27.7. The molecule has 1 aliphatic rings. The van der Waals surface area contributed by atoms with Crippen LogP contribution < -0.4 is 10.6 Å². The summed E-state index contributed by atoms with van der Waals surface area (Å²) in [6.45, 7) is 0. The first-order valence-electron chi connectivity index (χ1n) is 19.1. The van der Waals surface area contributed by atoms with Crippen molar-refractivity contribution < 1.29 is 0 Å². The van der Waals surface area contributed by atoms with E-state index in [2.05, 4.69) is 203 Å². The number of amidine groups is 1. The second kappa shape index (κ2) is 13.5. The fourth-order valence-electron chi connectivity index (χ4n) is 8.38. The predicted molar refractivity (Wildman–Crippen MR) is 236 cm³/mol. The van der Waals surface area contributed by atoms with Gasteiger partial charge in [-0.2, -0.15) is 0 Å². The van der Waals surface area contributed by atoms with Crippen LogP contribution in [0.5, 0.6) is 0 Å². The number of nitrogens with one attached hydrogen (secondary N) is 2. The third-order valence-electron chi connectivity index (χ3n) is 11.1. The molecule has 56 heavy (non-hydrogen) atoms.